The maximum atomic E-state index is 11.8. The number of aliphatic hydroxyl groups excluding tert-OH is 1. The molecule has 2 N–H and O–H groups in total. The molecule has 100 valence electrons. The van der Waals surface area contributed by atoms with Crippen LogP contribution in [0.4, 0.5) is 5.82 Å². The fourth-order valence-corrected chi connectivity index (χ4v) is 1.26. The van der Waals surface area contributed by atoms with Crippen molar-refractivity contribution in [1.29, 1.82) is 0 Å². The summed E-state index contributed by atoms with van der Waals surface area (Å²) in [6.45, 7) is 4.24. The minimum absolute atomic E-state index is 0.0328. The zero-order chi connectivity index (χ0) is 13.8. The van der Waals surface area contributed by atoms with Gasteiger partial charge in [-0.15, -0.1) is 0 Å². The van der Waals surface area contributed by atoms with Gasteiger partial charge in [0.2, 0.25) is 0 Å². The van der Waals surface area contributed by atoms with Crippen molar-refractivity contribution in [2.75, 3.05) is 32.1 Å². The van der Waals surface area contributed by atoms with Crippen LogP contribution in [0.25, 0.3) is 0 Å². The number of nitrogens with zero attached hydrogens (tertiary/aromatic N) is 2. The van der Waals surface area contributed by atoms with E-state index in [-0.39, 0.29) is 17.9 Å². The Morgan fingerprint density at radius 2 is 2.11 bits per heavy atom. The molecular formula is C13H21N3O2. The summed E-state index contributed by atoms with van der Waals surface area (Å²) >= 11 is 0. The number of aliphatic hydroxyl groups is 1. The Morgan fingerprint density at radius 3 is 2.56 bits per heavy atom. The Bertz CT molecular complexity index is 399. The Balaban J connectivity index is 2.62. The van der Waals surface area contributed by atoms with Crippen molar-refractivity contribution in [3.05, 3.63) is 23.9 Å². The third-order valence-electron chi connectivity index (χ3n) is 2.62. The first-order chi connectivity index (χ1) is 8.35. The Hall–Kier alpha value is -1.62. The van der Waals surface area contributed by atoms with Crippen LogP contribution in [0.15, 0.2) is 18.3 Å². The monoisotopic (exact) mass is 251 g/mol. The lowest BCUT2D eigenvalue weighted by atomic mass is 9.95. The van der Waals surface area contributed by atoms with Crippen LogP contribution in [0.2, 0.25) is 0 Å². The molecule has 1 heterocycles. The summed E-state index contributed by atoms with van der Waals surface area (Å²) in [7, 11) is 3.79. The number of carbonyl (C=O) groups excluding carboxylic acids is 1. The van der Waals surface area contributed by atoms with Gasteiger partial charge in [-0.25, -0.2) is 4.98 Å². The summed E-state index contributed by atoms with van der Waals surface area (Å²) in [6.07, 6.45) is 1.55. The number of carbonyl (C=O) groups is 1. The van der Waals surface area contributed by atoms with Crippen molar-refractivity contribution < 1.29 is 9.90 Å². The smallest absolute Gasteiger partial charge is 0.252 e. The van der Waals surface area contributed by atoms with Gasteiger partial charge in [0.15, 0.2) is 0 Å². The Morgan fingerprint density at radius 1 is 1.44 bits per heavy atom. The normalized spacial score (nSPS) is 11.2. The molecule has 0 unspecified atom stereocenters. The van der Waals surface area contributed by atoms with Gasteiger partial charge in [-0.2, -0.15) is 0 Å². The molecule has 0 radical (unpaired) electrons. The number of hydrogen-bond donors (Lipinski definition) is 2. The lowest BCUT2D eigenvalue weighted by Crippen LogP contribution is -2.36. The average molecular weight is 251 g/mol. The zero-order valence-electron chi connectivity index (χ0n) is 11.4. The largest absolute Gasteiger partial charge is 0.396 e. The molecule has 18 heavy (non-hydrogen) atoms. The highest BCUT2D eigenvalue weighted by molar-refractivity contribution is 5.94. The first-order valence-corrected chi connectivity index (χ1v) is 5.88. The number of hydrogen-bond acceptors (Lipinski definition) is 4. The molecule has 5 nitrogen and oxygen atoms in total. The Kier molecular flexibility index (Phi) is 4.67. The number of pyridine rings is 1. The fourth-order valence-electron chi connectivity index (χ4n) is 1.26. The highest BCUT2D eigenvalue weighted by Crippen LogP contribution is 2.12. The molecule has 0 aliphatic heterocycles. The van der Waals surface area contributed by atoms with E-state index >= 15 is 0 Å². The minimum atomic E-state index is -0.313. The van der Waals surface area contributed by atoms with Gasteiger partial charge in [0.05, 0.1) is 5.56 Å². The molecule has 1 rings (SSSR count). The standard InChI is InChI=1S/C13H21N3O2/c1-13(2,9-17)8-15-12(18)10-5-6-11(14-7-10)16(3)4/h5-7,17H,8-9H2,1-4H3,(H,15,18). The van der Waals surface area contributed by atoms with Crippen molar-refractivity contribution in [3.63, 3.8) is 0 Å². The molecule has 0 aliphatic rings. The second-order valence-electron chi connectivity index (χ2n) is 5.30. The van der Waals surface area contributed by atoms with Crippen LogP contribution < -0.4 is 10.2 Å². The van der Waals surface area contributed by atoms with E-state index in [0.717, 1.165) is 5.82 Å². The predicted molar refractivity (Wildman–Crippen MR) is 71.8 cm³/mol. The van der Waals surface area contributed by atoms with E-state index in [2.05, 4.69) is 10.3 Å². The lowest BCUT2D eigenvalue weighted by Gasteiger charge is -2.21. The highest BCUT2D eigenvalue weighted by atomic mass is 16.3. The maximum Gasteiger partial charge on any atom is 0.252 e. The second kappa shape index (κ2) is 5.82. The van der Waals surface area contributed by atoms with Gasteiger partial charge in [-0.05, 0) is 12.1 Å². The predicted octanol–water partition coefficient (Wildman–Crippen LogP) is 0.896. The van der Waals surface area contributed by atoms with Crippen LogP contribution in [0.3, 0.4) is 0 Å². The van der Waals surface area contributed by atoms with E-state index in [4.69, 9.17) is 5.11 Å². The molecule has 1 amide bonds. The van der Waals surface area contributed by atoms with Crippen LogP contribution >= 0.6 is 0 Å². The van der Waals surface area contributed by atoms with Crippen molar-refractivity contribution >= 4 is 11.7 Å². The number of nitrogens with one attached hydrogen (secondary N) is 1. The molecule has 0 atom stereocenters. The maximum absolute atomic E-state index is 11.8. The molecule has 1 aromatic heterocycles. The van der Waals surface area contributed by atoms with Crippen molar-refractivity contribution in [1.82, 2.24) is 10.3 Å². The van der Waals surface area contributed by atoms with E-state index in [1.807, 2.05) is 32.8 Å². The summed E-state index contributed by atoms with van der Waals surface area (Å²) in [5.41, 5.74) is 0.210. The Labute approximate surface area is 108 Å². The first-order valence-electron chi connectivity index (χ1n) is 5.88. The lowest BCUT2D eigenvalue weighted by molar-refractivity contribution is 0.0910. The number of rotatable bonds is 5. The van der Waals surface area contributed by atoms with Crippen molar-refractivity contribution in [2.45, 2.75) is 13.8 Å². The minimum Gasteiger partial charge on any atom is -0.396 e. The van der Waals surface area contributed by atoms with Crippen LogP contribution in [0.1, 0.15) is 24.2 Å². The summed E-state index contributed by atoms with van der Waals surface area (Å²) in [6, 6.07) is 3.54. The van der Waals surface area contributed by atoms with Gasteiger partial charge in [0.1, 0.15) is 5.82 Å². The fraction of sp³-hybridized carbons (Fsp3) is 0.538. The summed E-state index contributed by atoms with van der Waals surface area (Å²) in [5.74, 6) is 0.636. The molecule has 0 aliphatic carbocycles. The molecule has 1 aromatic rings. The van der Waals surface area contributed by atoms with Crippen LogP contribution in [0.5, 0.6) is 0 Å². The van der Waals surface area contributed by atoms with Crippen molar-refractivity contribution in [2.24, 2.45) is 5.41 Å². The molecular weight excluding hydrogens is 230 g/mol. The number of anilines is 1. The molecule has 0 saturated heterocycles. The van der Waals surface area contributed by atoms with E-state index < -0.39 is 0 Å². The van der Waals surface area contributed by atoms with Crippen LogP contribution in [0, 0.1) is 5.41 Å². The molecule has 0 bridgehead atoms. The molecule has 5 heteroatoms. The van der Waals surface area contributed by atoms with Gasteiger partial charge in [-0.1, -0.05) is 13.8 Å². The highest BCUT2D eigenvalue weighted by Gasteiger charge is 2.18. The topological polar surface area (TPSA) is 65.5 Å². The average Bonchev–Trinajstić information content (AvgIpc) is 2.36. The zero-order valence-corrected chi connectivity index (χ0v) is 11.4. The summed E-state index contributed by atoms with van der Waals surface area (Å²) in [5, 5.41) is 11.9. The van der Waals surface area contributed by atoms with Crippen LogP contribution in [-0.2, 0) is 0 Å². The third kappa shape index (κ3) is 4.00. The van der Waals surface area contributed by atoms with Gasteiger partial charge in [0, 0.05) is 38.9 Å². The van der Waals surface area contributed by atoms with E-state index in [1.54, 1.807) is 18.3 Å². The first kappa shape index (κ1) is 14.4. The van der Waals surface area contributed by atoms with Gasteiger partial charge < -0.3 is 15.3 Å². The quantitative estimate of drug-likeness (QED) is 0.816. The van der Waals surface area contributed by atoms with E-state index in [9.17, 15) is 4.79 Å². The third-order valence-corrected chi connectivity index (χ3v) is 2.62. The second-order valence-corrected chi connectivity index (χ2v) is 5.30. The SMILES string of the molecule is CN(C)c1ccc(C(=O)NCC(C)(C)CO)cn1. The van der Waals surface area contributed by atoms with Gasteiger partial charge in [-0.3, -0.25) is 4.79 Å². The van der Waals surface area contributed by atoms with Gasteiger partial charge in [0.25, 0.3) is 5.91 Å². The summed E-state index contributed by atoms with van der Waals surface area (Å²) in [4.78, 5) is 17.9. The molecule has 0 saturated carbocycles. The van der Waals surface area contributed by atoms with E-state index in [0.29, 0.717) is 12.1 Å². The summed E-state index contributed by atoms with van der Waals surface area (Å²) < 4.78 is 0. The number of amides is 1. The van der Waals surface area contributed by atoms with Gasteiger partial charge >= 0.3 is 0 Å². The number of aromatic nitrogens is 1. The van der Waals surface area contributed by atoms with E-state index in [1.165, 1.54) is 0 Å². The van der Waals surface area contributed by atoms with Crippen molar-refractivity contribution in [3.8, 4) is 0 Å². The molecule has 0 spiro atoms. The molecule has 0 fully saturated rings. The van der Waals surface area contributed by atoms with Crippen LogP contribution in [-0.4, -0.2) is 43.2 Å². The molecule has 0 aromatic carbocycles.